The Balaban J connectivity index is 2.47. The Kier molecular flexibility index (Phi) is 7.85. The van der Waals surface area contributed by atoms with Crippen molar-refractivity contribution in [3.05, 3.63) is 35.9 Å². The highest BCUT2D eigenvalue weighted by atomic mass is 16.5. The summed E-state index contributed by atoms with van der Waals surface area (Å²) in [6, 6.07) is 7.28. The number of aliphatic hydroxyl groups is 1. The van der Waals surface area contributed by atoms with Crippen LogP contribution in [0.15, 0.2) is 30.3 Å². The first kappa shape index (κ1) is 16.9. The van der Waals surface area contributed by atoms with Crippen molar-refractivity contribution >= 4 is 11.9 Å². The first-order chi connectivity index (χ1) is 10.1. The van der Waals surface area contributed by atoms with Gasteiger partial charge < -0.3 is 26.2 Å². The monoisotopic (exact) mass is 295 g/mol. The molecule has 21 heavy (non-hydrogen) atoms. The molecule has 0 fully saturated rings. The summed E-state index contributed by atoms with van der Waals surface area (Å²) in [5, 5.41) is 13.7. The molecule has 1 aromatic carbocycles. The van der Waals surface area contributed by atoms with E-state index in [-0.39, 0.29) is 19.1 Å². The van der Waals surface area contributed by atoms with Crippen LogP contribution in [0.4, 0.5) is 4.79 Å². The second-order valence-electron chi connectivity index (χ2n) is 4.33. The van der Waals surface area contributed by atoms with E-state index in [0.29, 0.717) is 25.1 Å². The van der Waals surface area contributed by atoms with Crippen LogP contribution in [0.5, 0.6) is 0 Å². The maximum atomic E-state index is 12.1. The van der Waals surface area contributed by atoms with E-state index in [1.807, 2.05) is 6.07 Å². The fourth-order valence-electron chi connectivity index (χ4n) is 1.74. The van der Waals surface area contributed by atoms with Crippen molar-refractivity contribution in [2.45, 2.75) is 12.5 Å². The van der Waals surface area contributed by atoms with Gasteiger partial charge in [0.15, 0.2) is 0 Å². The van der Waals surface area contributed by atoms with E-state index in [1.165, 1.54) is 0 Å². The molecule has 116 valence electrons. The molecule has 0 bridgehead atoms. The number of ether oxygens (including phenoxy) is 1. The highest BCUT2D eigenvalue weighted by Gasteiger charge is 2.20. The van der Waals surface area contributed by atoms with Gasteiger partial charge in [-0.1, -0.05) is 30.3 Å². The average Bonchev–Trinajstić information content (AvgIpc) is 2.49. The van der Waals surface area contributed by atoms with Crippen molar-refractivity contribution in [2.75, 3.05) is 26.4 Å². The highest BCUT2D eigenvalue weighted by molar-refractivity contribution is 5.87. The van der Waals surface area contributed by atoms with E-state index in [9.17, 15) is 9.59 Å². The number of amides is 3. The number of hydrogen-bond acceptors (Lipinski definition) is 4. The summed E-state index contributed by atoms with van der Waals surface area (Å²) in [4.78, 5) is 23.1. The van der Waals surface area contributed by atoms with Crippen molar-refractivity contribution in [3.8, 4) is 0 Å². The predicted octanol–water partition coefficient (Wildman–Crippen LogP) is -0.0888. The van der Waals surface area contributed by atoms with Gasteiger partial charge in [-0.3, -0.25) is 4.79 Å². The van der Waals surface area contributed by atoms with Gasteiger partial charge in [-0.05, 0) is 12.0 Å². The second kappa shape index (κ2) is 9.73. The summed E-state index contributed by atoms with van der Waals surface area (Å²) >= 11 is 0. The van der Waals surface area contributed by atoms with Crippen LogP contribution < -0.4 is 16.4 Å². The van der Waals surface area contributed by atoms with Crippen LogP contribution in [0.2, 0.25) is 0 Å². The summed E-state index contributed by atoms with van der Waals surface area (Å²) in [6.45, 7) is 1.11. The molecule has 0 saturated heterocycles. The molecule has 0 saturated carbocycles. The van der Waals surface area contributed by atoms with Gasteiger partial charge in [0, 0.05) is 13.2 Å². The summed E-state index contributed by atoms with van der Waals surface area (Å²) in [7, 11) is 0. The quantitative estimate of drug-likeness (QED) is 0.477. The number of carbonyl (C=O) groups is 2. The Bertz CT molecular complexity index is 439. The van der Waals surface area contributed by atoms with Gasteiger partial charge in [0.1, 0.15) is 6.04 Å². The zero-order valence-corrected chi connectivity index (χ0v) is 11.7. The van der Waals surface area contributed by atoms with Crippen LogP contribution >= 0.6 is 0 Å². The number of hydrogen-bond donors (Lipinski definition) is 4. The largest absolute Gasteiger partial charge is 0.394 e. The number of carbonyl (C=O) groups excluding carboxylic acids is 2. The van der Waals surface area contributed by atoms with Crippen LogP contribution in [0.25, 0.3) is 0 Å². The SMILES string of the molecule is NC(=O)NC(C(=O)NCCCOCCO)c1ccccc1. The standard InChI is InChI=1S/C14H21N3O4/c15-14(20)17-12(11-5-2-1-3-6-11)13(19)16-7-4-9-21-10-8-18/h1-3,5-6,12,18H,4,7-10H2,(H,16,19)(H3,15,17,20). The third kappa shape index (κ3) is 6.73. The van der Waals surface area contributed by atoms with E-state index in [0.717, 1.165) is 0 Å². The van der Waals surface area contributed by atoms with Crippen molar-refractivity contribution in [2.24, 2.45) is 5.73 Å². The van der Waals surface area contributed by atoms with E-state index >= 15 is 0 Å². The van der Waals surface area contributed by atoms with E-state index < -0.39 is 12.1 Å². The lowest BCUT2D eigenvalue weighted by molar-refractivity contribution is -0.123. The van der Waals surface area contributed by atoms with Crippen LogP contribution in [-0.4, -0.2) is 43.4 Å². The van der Waals surface area contributed by atoms with E-state index in [1.54, 1.807) is 24.3 Å². The Morgan fingerprint density at radius 2 is 1.95 bits per heavy atom. The minimum absolute atomic E-state index is 0.0228. The molecule has 0 aliphatic rings. The molecule has 0 radical (unpaired) electrons. The van der Waals surface area contributed by atoms with Crippen molar-refractivity contribution in [1.29, 1.82) is 0 Å². The Morgan fingerprint density at radius 1 is 1.24 bits per heavy atom. The minimum Gasteiger partial charge on any atom is -0.394 e. The van der Waals surface area contributed by atoms with Crippen molar-refractivity contribution < 1.29 is 19.4 Å². The van der Waals surface area contributed by atoms with Crippen LogP contribution in [0, 0.1) is 0 Å². The number of urea groups is 1. The molecule has 0 spiro atoms. The third-order valence-corrected chi connectivity index (χ3v) is 2.68. The molecule has 1 unspecified atom stereocenters. The topological polar surface area (TPSA) is 114 Å². The Hall–Kier alpha value is -2.12. The molecule has 3 amide bonds. The molecule has 0 heterocycles. The maximum Gasteiger partial charge on any atom is 0.313 e. The van der Waals surface area contributed by atoms with Gasteiger partial charge in [-0.25, -0.2) is 4.79 Å². The number of rotatable bonds is 9. The molecule has 1 atom stereocenters. The third-order valence-electron chi connectivity index (χ3n) is 2.68. The summed E-state index contributed by atoms with van der Waals surface area (Å²) < 4.78 is 5.08. The lowest BCUT2D eigenvalue weighted by Gasteiger charge is -2.17. The van der Waals surface area contributed by atoms with Crippen molar-refractivity contribution in [3.63, 3.8) is 0 Å². The maximum absolute atomic E-state index is 12.1. The summed E-state index contributed by atoms with van der Waals surface area (Å²) in [5.74, 6) is -0.331. The molecule has 7 nitrogen and oxygen atoms in total. The van der Waals surface area contributed by atoms with Gasteiger partial charge >= 0.3 is 6.03 Å². The lowest BCUT2D eigenvalue weighted by Crippen LogP contribution is -2.42. The van der Waals surface area contributed by atoms with E-state index in [2.05, 4.69) is 10.6 Å². The molecule has 7 heteroatoms. The number of nitrogens with two attached hydrogens (primary N) is 1. The first-order valence-electron chi connectivity index (χ1n) is 6.72. The Labute approximate surface area is 123 Å². The fourth-order valence-corrected chi connectivity index (χ4v) is 1.74. The van der Waals surface area contributed by atoms with Crippen LogP contribution in [-0.2, 0) is 9.53 Å². The molecule has 5 N–H and O–H groups in total. The predicted molar refractivity (Wildman–Crippen MR) is 77.4 cm³/mol. The normalized spacial score (nSPS) is 11.7. The molecule has 1 rings (SSSR count). The minimum atomic E-state index is -0.818. The van der Waals surface area contributed by atoms with Crippen LogP contribution in [0.1, 0.15) is 18.0 Å². The highest BCUT2D eigenvalue weighted by Crippen LogP contribution is 2.12. The second-order valence-corrected chi connectivity index (χ2v) is 4.33. The fraction of sp³-hybridized carbons (Fsp3) is 0.429. The smallest absolute Gasteiger partial charge is 0.313 e. The molecular formula is C14H21N3O4. The van der Waals surface area contributed by atoms with Crippen molar-refractivity contribution in [1.82, 2.24) is 10.6 Å². The molecular weight excluding hydrogens is 274 g/mol. The molecule has 0 aromatic heterocycles. The van der Waals surface area contributed by atoms with Gasteiger partial charge in [-0.15, -0.1) is 0 Å². The number of nitrogens with one attached hydrogen (secondary N) is 2. The molecule has 1 aromatic rings. The average molecular weight is 295 g/mol. The Morgan fingerprint density at radius 3 is 2.57 bits per heavy atom. The number of benzene rings is 1. The zero-order valence-electron chi connectivity index (χ0n) is 11.7. The zero-order chi connectivity index (χ0) is 15.5. The first-order valence-corrected chi connectivity index (χ1v) is 6.72. The lowest BCUT2D eigenvalue weighted by atomic mass is 10.1. The summed E-state index contributed by atoms with van der Waals surface area (Å²) in [5.41, 5.74) is 5.76. The number of primary amides is 1. The van der Waals surface area contributed by atoms with Gasteiger partial charge in [-0.2, -0.15) is 0 Å². The van der Waals surface area contributed by atoms with Gasteiger partial charge in [0.05, 0.1) is 13.2 Å². The van der Waals surface area contributed by atoms with Gasteiger partial charge in [0.25, 0.3) is 0 Å². The number of aliphatic hydroxyl groups excluding tert-OH is 1. The van der Waals surface area contributed by atoms with Crippen LogP contribution in [0.3, 0.4) is 0 Å². The molecule has 0 aliphatic carbocycles. The summed E-state index contributed by atoms with van der Waals surface area (Å²) in [6.07, 6.45) is 0.615. The molecule has 0 aliphatic heterocycles. The van der Waals surface area contributed by atoms with Gasteiger partial charge in [0.2, 0.25) is 5.91 Å². The van der Waals surface area contributed by atoms with E-state index in [4.69, 9.17) is 15.6 Å².